The summed E-state index contributed by atoms with van der Waals surface area (Å²) in [4.78, 5) is 27.3. The third-order valence-corrected chi connectivity index (χ3v) is 7.87. The van der Waals surface area contributed by atoms with Crippen LogP contribution >= 0.6 is 0 Å². The van der Waals surface area contributed by atoms with Crippen molar-refractivity contribution < 1.29 is 27.5 Å². The zero-order valence-electron chi connectivity index (χ0n) is 18.6. The van der Waals surface area contributed by atoms with Crippen molar-refractivity contribution in [1.29, 1.82) is 0 Å². The van der Waals surface area contributed by atoms with Crippen molar-refractivity contribution in [2.24, 2.45) is 5.92 Å². The second-order valence-electron chi connectivity index (χ2n) is 8.07. The minimum Gasteiger partial charge on any atom is -0.497 e. The van der Waals surface area contributed by atoms with E-state index >= 15 is 0 Å². The molecule has 0 unspecified atom stereocenters. The van der Waals surface area contributed by atoms with E-state index in [9.17, 15) is 18.0 Å². The van der Waals surface area contributed by atoms with E-state index in [4.69, 9.17) is 9.47 Å². The second kappa shape index (κ2) is 9.40. The van der Waals surface area contributed by atoms with Crippen molar-refractivity contribution in [2.75, 3.05) is 44.1 Å². The molecule has 1 N–H and O–H groups in total. The molecule has 2 heterocycles. The smallest absolute Gasteiger partial charge is 0.243 e. The molecule has 0 bridgehead atoms. The van der Waals surface area contributed by atoms with Crippen LogP contribution in [0.1, 0.15) is 19.3 Å². The Labute approximate surface area is 193 Å². The summed E-state index contributed by atoms with van der Waals surface area (Å²) < 4.78 is 37.7. The van der Waals surface area contributed by atoms with Crippen LogP contribution in [-0.4, -0.2) is 58.4 Å². The maximum Gasteiger partial charge on any atom is 0.243 e. The van der Waals surface area contributed by atoms with E-state index in [2.05, 4.69) is 5.32 Å². The molecule has 1 atom stereocenters. The Kier molecular flexibility index (Phi) is 6.57. The average molecular weight is 474 g/mol. The molecule has 176 valence electrons. The van der Waals surface area contributed by atoms with Crippen LogP contribution in [0.3, 0.4) is 0 Å². The number of carbonyl (C=O) groups is 2. The van der Waals surface area contributed by atoms with Gasteiger partial charge < -0.3 is 19.7 Å². The van der Waals surface area contributed by atoms with Gasteiger partial charge in [0.15, 0.2) is 0 Å². The van der Waals surface area contributed by atoms with Crippen LogP contribution in [0.25, 0.3) is 0 Å². The molecule has 0 spiro atoms. The average Bonchev–Trinajstić information content (AvgIpc) is 3.49. The van der Waals surface area contributed by atoms with Crippen LogP contribution in [0.4, 0.5) is 11.4 Å². The predicted molar refractivity (Wildman–Crippen MR) is 123 cm³/mol. The van der Waals surface area contributed by atoms with Gasteiger partial charge in [0.25, 0.3) is 0 Å². The summed E-state index contributed by atoms with van der Waals surface area (Å²) >= 11 is 0. The maximum absolute atomic E-state index is 12.9. The van der Waals surface area contributed by atoms with E-state index in [0.29, 0.717) is 36.0 Å². The van der Waals surface area contributed by atoms with Crippen molar-refractivity contribution in [2.45, 2.75) is 24.2 Å². The number of methoxy groups -OCH3 is 2. The van der Waals surface area contributed by atoms with E-state index in [-0.39, 0.29) is 29.7 Å². The Morgan fingerprint density at radius 2 is 1.82 bits per heavy atom. The monoisotopic (exact) mass is 473 g/mol. The van der Waals surface area contributed by atoms with E-state index < -0.39 is 15.9 Å². The summed E-state index contributed by atoms with van der Waals surface area (Å²) in [7, 11) is -0.539. The second-order valence-corrected chi connectivity index (χ2v) is 10.0. The van der Waals surface area contributed by atoms with Gasteiger partial charge in [-0.2, -0.15) is 4.31 Å². The quantitative estimate of drug-likeness (QED) is 0.662. The van der Waals surface area contributed by atoms with Gasteiger partial charge in [-0.05, 0) is 43.2 Å². The van der Waals surface area contributed by atoms with Crippen LogP contribution in [-0.2, 0) is 19.6 Å². The van der Waals surface area contributed by atoms with E-state index in [0.717, 1.165) is 12.8 Å². The van der Waals surface area contributed by atoms with Crippen LogP contribution in [0.5, 0.6) is 11.5 Å². The number of hydrogen-bond donors (Lipinski definition) is 1. The van der Waals surface area contributed by atoms with Crippen molar-refractivity contribution in [3.63, 3.8) is 0 Å². The third kappa shape index (κ3) is 4.67. The lowest BCUT2D eigenvalue weighted by Gasteiger charge is -2.20. The molecule has 2 aromatic rings. The maximum atomic E-state index is 12.9. The van der Waals surface area contributed by atoms with Crippen LogP contribution in [0.2, 0.25) is 0 Å². The molecule has 2 aromatic carbocycles. The number of nitrogens with zero attached hydrogens (tertiary/aromatic N) is 2. The number of amides is 2. The lowest BCUT2D eigenvalue weighted by Crippen LogP contribution is -2.29. The number of benzene rings is 2. The Morgan fingerprint density at radius 3 is 2.52 bits per heavy atom. The minimum absolute atomic E-state index is 0.0484. The number of hydrogen-bond acceptors (Lipinski definition) is 6. The molecule has 4 rings (SSSR count). The van der Waals surface area contributed by atoms with E-state index in [1.807, 2.05) is 0 Å². The van der Waals surface area contributed by atoms with Crippen molar-refractivity contribution in [3.05, 3.63) is 42.5 Å². The van der Waals surface area contributed by atoms with Gasteiger partial charge in [-0.3, -0.25) is 9.59 Å². The molecule has 2 fully saturated rings. The first-order chi connectivity index (χ1) is 15.8. The number of sulfonamides is 1. The number of anilines is 2. The molecule has 2 aliphatic heterocycles. The minimum atomic E-state index is -3.59. The number of rotatable bonds is 7. The van der Waals surface area contributed by atoms with Crippen molar-refractivity contribution >= 4 is 33.2 Å². The molecule has 33 heavy (non-hydrogen) atoms. The summed E-state index contributed by atoms with van der Waals surface area (Å²) in [5.74, 6) is -0.0370. The molecule has 0 aliphatic carbocycles. The molecule has 0 saturated carbocycles. The van der Waals surface area contributed by atoms with Crippen LogP contribution < -0.4 is 19.7 Å². The fourth-order valence-corrected chi connectivity index (χ4v) is 5.74. The zero-order chi connectivity index (χ0) is 23.6. The predicted octanol–water partition coefficient (Wildman–Crippen LogP) is 2.48. The number of nitrogens with one attached hydrogen (secondary N) is 1. The summed E-state index contributed by atoms with van der Waals surface area (Å²) in [6.45, 7) is 1.21. The molecule has 0 aromatic heterocycles. The summed E-state index contributed by atoms with van der Waals surface area (Å²) in [5.41, 5.74) is 0.950. The van der Waals surface area contributed by atoms with Crippen molar-refractivity contribution in [1.82, 2.24) is 4.31 Å². The first kappa shape index (κ1) is 23.1. The zero-order valence-corrected chi connectivity index (χ0v) is 19.4. The van der Waals surface area contributed by atoms with Gasteiger partial charge in [0.05, 0.1) is 30.7 Å². The first-order valence-electron chi connectivity index (χ1n) is 10.8. The highest BCUT2D eigenvalue weighted by molar-refractivity contribution is 7.89. The fourth-order valence-electron chi connectivity index (χ4n) is 4.18. The summed E-state index contributed by atoms with van der Waals surface area (Å²) in [6, 6.07) is 11.4. The lowest BCUT2D eigenvalue weighted by atomic mass is 10.1. The summed E-state index contributed by atoms with van der Waals surface area (Å²) in [5, 5.41) is 2.77. The van der Waals surface area contributed by atoms with Crippen LogP contribution in [0, 0.1) is 5.92 Å². The van der Waals surface area contributed by atoms with Gasteiger partial charge in [-0.1, -0.05) is 6.07 Å². The summed E-state index contributed by atoms with van der Waals surface area (Å²) in [6.07, 6.45) is 1.74. The Balaban J connectivity index is 1.47. The highest BCUT2D eigenvalue weighted by Crippen LogP contribution is 2.36. The fraction of sp³-hybridized carbons (Fsp3) is 0.391. The Hall–Kier alpha value is -3.11. The van der Waals surface area contributed by atoms with Crippen LogP contribution in [0.15, 0.2) is 47.4 Å². The normalized spacial score (nSPS) is 19.0. The highest BCUT2D eigenvalue weighted by atomic mass is 32.2. The molecule has 2 amide bonds. The number of ether oxygens (including phenoxy) is 2. The molecule has 0 radical (unpaired) electrons. The van der Waals surface area contributed by atoms with Gasteiger partial charge in [0, 0.05) is 37.8 Å². The topological polar surface area (TPSA) is 105 Å². The Morgan fingerprint density at radius 1 is 1.06 bits per heavy atom. The standard InChI is InChI=1S/C23H27N3O6S/c1-31-18-8-9-20(21(14-18)32-2)26-15-16(12-22(26)27)23(28)24-17-6-5-7-19(13-17)33(29,30)25-10-3-4-11-25/h5-9,13-14,16H,3-4,10-12,15H2,1-2H3,(H,24,28)/t16-/m1/s1. The molecule has 9 nitrogen and oxygen atoms in total. The first-order valence-corrected chi connectivity index (χ1v) is 12.2. The highest BCUT2D eigenvalue weighted by Gasteiger charge is 2.36. The molecule has 2 saturated heterocycles. The SMILES string of the molecule is COc1ccc(N2C[C@H](C(=O)Nc3cccc(S(=O)(=O)N4CCCC4)c3)CC2=O)c(OC)c1. The largest absolute Gasteiger partial charge is 0.497 e. The van der Waals surface area contributed by atoms with Gasteiger partial charge in [-0.15, -0.1) is 0 Å². The molecular weight excluding hydrogens is 446 g/mol. The number of carbonyl (C=O) groups excluding carboxylic acids is 2. The third-order valence-electron chi connectivity index (χ3n) is 5.98. The van der Waals surface area contributed by atoms with E-state index in [1.165, 1.54) is 28.4 Å². The Bertz CT molecular complexity index is 1160. The van der Waals surface area contributed by atoms with Crippen molar-refractivity contribution in [3.8, 4) is 11.5 Å². The van der Waals surface area contributed by atoms with Gasteiger partial charge in [-0.25, -0.2) is 8.42 Å². The molecular formula is C23H27N3O6S. The lowest BCUT2D eigenvalue weighted by molar-refractivity contribution is -0.122. The van der Waals surface area contributed by atoms with Gasteiger partial charge >= 0.3 is 0 Å². The van der Waals surface area contributed by atoms with Gasteiger partial charge in [0.2, 0.25) is 21.8 Å². The molecule has 2 aliphatic rings. The van der Waals surface area contributed by atoms with Gasteiger partial charge in [0.1, 0.15) is 11.5 Å². The molecule has 10 heteroatoms. The van der Waals surface area contributed by atoms with E-state index in [1.54, 1.807) is 37.4 Å².